The van der Waals surface area contributed by atoms with Crippen LogP contribution >= 0.6 is 0 Å². The van der Waals surface area contributed by atoms with Crippen LogP contribution in [0.25, 0.3) is 0 Å². The van der Waals surface area contributed by atoms with E-state index in [2.05, 4.69) is 15.5 Å². The monoisotopic (exact) mass is 396 g/mol. The highest BCUT2D eigenvalue weighted by atomic mass is 16.5. The van der Waals surface area contributed by atoms with Crippen molar-refractivity contribution in [2.75, 3.05) is 26.2 Å². The maximum absolute atomic E-state index is 12.7. The number of hydrogen-bond donors (Lipinski definition) is 2. The lowest BCUT2D eigenvalue weighted by Gasteiger charge is -2.29. The van der Waals surface area contributed by atoms with Gasteiger partial charge < -0.3 is 19.7 Å². The molecule has 1 spiro atoms. The van der Waals surface area contributed by atoms with Crippen LogP contribution in [0.4, 0.5) is 0 Å². The van der Waals surface area contributed by atoms with E-state index in [-0.39, 0.29) is 42.0 Å². The third-order valence-corrected chi connectivity index (χ3v) is 6.46. The number of aromatic nitrogens is 2. The minimum absolute atomic E-state index is 0.0107. The fourth-order valence-electron chi connectivity index (χ4n) is 5.12. The Labute approximate surface area is 168 Å². The van der Waals surface area contributed by atoms with Crippen molar-refractivity contribution < 1.29 is 19.1 Å². The number of H-pyrrole nitrogens is 1. The van der Waals surface area contributed by atoms with Gasteiger partial charge in [-0.25, -0.2) is 0 Å². The summed E-state index contributed by atoms with van der Waals surface area (Å²) < 4.78 is 11.9. The quantitative estimate of drug-likeness (QED) is 0.766. The van der Waals surface area contributed by atoms with Crippen molar-refractivity contribution in [1.29, 1.82) is 0 Å². The third kappa shape index (κ3) is 3.27. The summed E-state index contributed by atoms with van der Waals surface area (Å²) in [5.74, 6) is 0.969. The van der Waals surface area contributed by atoms with Gasteiger partial charge in [-0.2, -0.15) is 5.10 Å². The number of carbonyl (C=O) groups is 2. The van der Waals surface area contributed by atoms with E-state index in [9.17, 15) is 9.59 Å². The molecule has 2 aromatic rings. The minimum Gasteiger partial charge on any atom is -0.484 e. The SMILES string of the molecule is O=C(COc1ccccc1)NC[C@H]1[C@H]2CN(C(=O)c3cn[nH]c3)C[C@]23CC[C@H]1O3. The van der Waals surface area contributed by atoms with E-state index in [0.29, 0.717) is 30.9 Å². The van der Waals surface area contributed by atoms with Gasteiger partial charge in [-0.1, -0.05) is 18.2 Å². The summed E-state index contributed by atoms with van der Waals surface area (Å²) >= 11 is 0. The summed E-state index contributed by atoms with van der Waals surface area (Å²) in [6.07, 6.45) is 5.28. The van der Waals surface area contributed by atoms with Crippen LogP contribution < -0.4 is 10.1 Å². The number of para-hydroxylation sites is 1. The molecular formula is C21H24N4O4. The molecule has 3 saturated heterocycles. The number of amides is 2. The number of likely N-dealkylation sites (tertiary alicyclic amines) is 1. The number of ether oxygens (including phenoxy) is 2. The zero-order valence-electron chi connectivity index (χ0n) is 16.0. The van der Waals surface area contributed by atoms with Gasteiger partial charge in [0.2, 0.25) is 0 Å². The van der Waals surface area contributed by atoms with Crippen LogP contribution in [0, 0.1) is 11.8 Å². The maximum atomic E-state index is 12.7. The standard InChI is InChI=1S/C21H24N4O4/c26-19(12-28-15-4-2-1-3-5-15)22-10-16-17-11-25(20(27)14-8-23-24-9-14)13-21(17)7-6-18(16)29-21/h1-5,8-9,16-18H,6-7,10-13H2,(H,22,26)(H,23,24)/t16-,17+,18+,21+/m0/s1. The molecule has 2 N–H and O–H groups in total. The van der Waals surface area contributed by atoms with Crippen molar-refractivity contribution in [3.8, 4) is 5.75 Å². The average Bonchev–Trinajstić information content (AvgIpc) is 3.52. The highest BCUT2D eigenvalue weighted by molar-refractivity contribution is 5.94. The zero-order valence-corrected chi connectivity index (χ0v) is 16.0. The lowest BCUT2D eigenvalue weighted by molar-refractivity contribution is -0.123. The molecule has 5 rings (SSSR count). The largest absolute Gasteiger partial charge is 0.484 e. The van der Waals surface area contributed by atoms with Gasteiger partial charge in [0.05, 0.1) is 30.0 Å². The Kier molecular flexibility index (Phi) is 4.50. The number of aromatic amines is 1. The van der Waals surface area contributed by atoms with Crippen molar-refractivity contribution >= 4 is 11.8 Å². The minimum atomic E-state index is -0.264. The second-order valence-electron chi connectivity index (χ2n) is 8.11. The molecule has 0 aliphatic carbocycles. The molecule has 0 unspecified atom stereocenters. The van der Waals surface area contributed by atoms with Gasteiger partial charge >= 0.3 is 0 Å². The van der Waals surface area contributed by atoms with Gasteiger partial charge in [-0.15, -0.1) is 0 Å². The predicted octanol–water partition coefficient (Wildman–Crippen LogP) is 1.22. The molecule has 8 nitrogen and oxygen atoms in total. The molecular weight excluding hydrogens is 372 g/mol. The lowest BCUT2D eigenvalue weighted by atomic mass is 9.73. The number of rotatable bonds is 6. The van der Waals surface area contributed by atoms with Crippen molar-refractivity contribution in [2.45, 2.75) is 24.5 Å². The molecule has 4 heterocycles. The van der Waals surface area contributed by atoms with E-state index in [1.165, 1.54) is 0 Å². The third-order valence-electron chi connectivity index (χ3n) is 6.46. The highest BCUT2D eigenvalue weighted by Gasteiger charge is 2.63. The topological polar surface area (TPSA) is 96.5 Å². The number of fused-ring (bicyclic) bond motifs is 1. The van der Waals surface area contributed by atoms with E-state index in [4.69, 9.17) is 9.47 Å². The zero-order chi connectivity index (χ0) is 19.8. The number of hydrogen-bond acceptors (Lipinski definition) is 5. The molecule has 3 fully saturated rings. The van der Waals surface area contributed by atoms with E-state index in [1.54, 1.807) is 12.4 Å². The van der Waals surface area contributed by atoms with Gasteiger partial charge in [0.1, 0.15) is 5.75 Å². The fourth-order valence-corrected chi connectivity index (χ4v) is 5.12. The first-order chi connectivity index (χ1) is 14.1. The second-order valence-corrected chi connectivity index (χ2v) is 8.11. The summed E-state index contributed by atoms with van der Waals surface area (Å²) in [6.45, 7) is 1.80. The Morgan fingerprint density at radius 3 is 3.00 bits per heavy atom. The highest BCUT2D eigenvalue weighted by Crippen LogP contribution is 2.54. The van der Waals surface area contributed by atoms with Crippen LogP contribution in [0.5, 0.6) is 5.75 Å². The number of carbonyl (C=O) groups excluding carboxylic acids is 2. The van der Waals surface area contributed by atoms with Crippen LogP contribution in [0.15, 0.2) is 42.7 Å². The molecule has 1 aromatic carbocycles. The molecule has 152 valence electrons. The van der Waals surface area contributed by atoms with Crippen LogP contribution in [-0.2, 0) is 9.53 Å². The molecule has 8 heteroatoms. The first kappa shape index (κ1) is 18.2. The summed E-state index contributed by atoms with van der Waals surface area (Å²) in [5.41, 5.74) is 0.304. The van der Waals surface area contributed by atoms with Gasteiger partial charge in [-0.05, 0) is 25.0 Å². The van der Waals surface area contributed by atoms with E-state index < -0.39 is 0 Å². The molecule has 1 aromatic heterocycles. The van der Waals surface area contributed by atoms with Crippen molar-refractivity contribution in [1.82, 2.24) is 20.4 Å². The van der Waals surface area contributed by atoms with Crippen LogP contribution in [0.2, 0.25) is 0 Å². The molecule has 0 saturated carbocycles. The Morgan fingerprint density at radius 2 is 2.21 bits per heavy atom. The molecule has 2 amide bonds. The number of nitrogens with one attached hydrogen (secondary N) is 2. The van der Waals surface area contributed by atoms with Crippen molar-refractivity contribution in [2.24, 2.45) is 11.8 Å². The Bertz CT molecular complexity index is 887. The van der Waals surface area contributed by atoms with E-state index in [1.807, 2.05) is 35.2 Å². The van der Waals surface area contributed by atoms with Gasteiger partial charge in [0, 0.05) is 31.1 Å². The fraction of sp³-hybridized carbons (Fsp3) is 0.476. The van der Waals surface area contributed by atoms with Crippen LogP contribution in [0.1, 0.15) is 23.2 Å². The number of benzene rings is 1. The van der Waals surface area contributed by atoms with Gasteiger partial charge in [-0.3, -0.25) is 14.7 Å². The second kappa shape index (κ2) is 7.18. The molecule has 29 heavy (non-hydrogen) atoms. The van der Waals surface area contributed by atoms with Crippen LogP contribution in [0.3, 0.4) is 0 Å². The lowest BCUT2D eigenvalue weighted by Crippen LogP contribution is -2.42. The van der Waals surface area contributed by atoms with Gasteiger partial charge in [0.15, 0.2) is 6.61 Å². The Morgan fingerprint density at radius 1 is 1.34 bits per heavy atom. The predicted molar refractivity (Wildman–Crippen MR) is 103 cm³/mol. The maximum Gasteiger partial charge on any atom is 0.257 e. The molecule has 2 bridgehead atoms. The average molecular weight is 396 g/mol. The van der Waals surface area contributed by atoms with Crippen molar-refractivity contribution in [3.63, 3.8) is 0 Å². The molecule has 3 aliphatic heterocycles. The first-order valence-corrected chi connectivity index (χ1v) is 10.0. The number of nitrogens with zero attached hydrogens (tertiary/aromatic N) is 2. The smallest absolute Gasteiger partial charge is 0.257 e. The molecule has 0 radical (unpaired) electrons. The summed E-state index contributed by atoms with van der Waals surface area (Å²) in [4.78, 5) is 26.8. The first-order valence-electron chi connectivity index (χ1n) is 10.0. The summed E-state index contributed by atoms with van der Waals surface area (Å²) in [7, 11) is 0. The van der Waals surface area contributed by atoms with E-state index in [0.717, 1.165) is 12.8 Å². The molecule has 4 atom stereocenters. The van der Waals surface area contributed by atoms with Gasteiger partial charge in [0.25, 0.3) is 11.8 Å². The molecule has 3 aliphatic rings. The van der Waals surface area contributed by atoms with Crippen molar-refractivity contribution in [3.05, 3.63) is 48.3 Å². The van der Waals surface area contributed by atoms with Crippen LogP contribution in [-0.4, -0.2) is 64.9 Å². The van der Waals surface area contributed by atoms with E-state index >= 15 is 0 Å². The normalized spacial score (nSPS) is 29.7. The summed E-state index contributed by atoms with van der Waals surface area (Å²) in [6, 6.07) is 9.29. The Hall–Kier alpha value is -2.87. The summed E-state index contributed by atoms with van der Waals surface area (Å²) in [5, 5.41) is 9.56. The Balaban J connectivity index is 1.18.